The fourth-order valence-electron chi connectivity index (χ4n) is 3.74. The quantitative estimate of drug-likeness (QED) is 0.624. The highest BCUT2D eigenvalue weighted by Crippen LogP contribution is 2.24. The van der Waals surface area contributed by atoms with Gasteiger partial charge < -0.3 is 10.6 Å². The highest BCUT2D eigenvalue weighted by atomic mass is 35.5. The first-order valence-electron chi connectivity index (χ1n) is 9.73. The molecule has 1 aliphatic rings. The first-order chi connectivity index (χ1) is 13.7. The predicted octanol–water partition coefficient (Wildman–Crippen LogP) is 3.71. The van der Waals surface area contributed by atoms with Gasteiger partial charge in [0.25, 0.3) is 5.91 Å². The van der Waals surface area contributed by atoms with E-state index in [0.717, 1.165) is 42.9 Å². The van der Waals surface area contributed by atoms with E-state index >= 15 is 0 Å². The van der Waals surface area contributed by atoms with Crippen LogP contribution in [0.5, 0.6) is 0 Å². The molecule has 2 N–H and O–H groups in total. The summed E-state index contributed by atoms with van der Waals surface area (Å²) in [4.78, 5) is 14.2. The summed E-state index contributed by atoms with van der Waals surface area (Å²) in [6.45, 7) is 3.89. The highest BCUT2D eigenvalue weighted by Gasteiger charge is 2.25. The van der Waals surface area contributed by atoms with Crippen LogP contribution in [0.4, 0.5) is 0 Å². The number of hydrogen-bond acceptors (Lipinski definition) is 5. The van der Waals surface area contributed by atoms with Gasteiger partial charge >= 0.3 is 0 Å². The molecule has 1 atom stereocenters. The van der Waals surface area contributed by atoms with Gasteiger partial charge in [-0.15, -0.1) is 28.8 Å². The summed E-state index contributed by atoms with van der Waals surface area (Å²) in [6, 6.07) is 14.5. The smallest absolute Gasteiger partial charge is 0.274 e. The van der Waals surface area contributed by atoms with Crippen LogP contribution in [0.1, 0.15) is 51.5 Å². The molecule has 6 nitrogen and oxygen atoms in total. The van der Waals surface area contributed by atoms with Crippen molar-refractivity contribution >= 4 is 29.7 Å². The number of carbonyl (C=O) groups excluding carboxylic acids is 1. The fraction of sp³-hybridized carbons (Fsp3) is 0.381. The second-order valence-corrected chi connectivity index (χ2v) is 8.16. The molecule has 1 aromatic carbocycles. The van der Waals surface area contributed by atoms with Crippen molar-refractivity contribution in [2.24, 2.45) is 0 Å². The number of nitrogens with zero attached hydrogens (tertiary/aromatic N) is 3. The normalized spacial score (nSPS) is 15.5. The molecule has 1 fully saturated rings. The van der Waals surface area contributed by atoms with Gasteiger partial charge in [0, 0.05) is 4.88 Å². The van der Waals surface area contributed by atoms with Crippen molar-refractivity contribution in [2.45, 2.75) is 38.3 Å². The Labute approximate surface area is 181 Å². The van der Waals surface area contributed by atoms with Gasteiger partial charge in [-0.1, -0.05) is 41.6 Å². The molecule has 3 heterocycles. The number of hydrogen-bond donors (Lipinski definition) is 2. The molecule has 3 aromatic rings. The number of piperidine rings is 1. The lowest BCUT2D eigenvalue weighted by Gasteiger charge is -2.23. The topological polar surface area (TPSA) is 71.8 Å². The van der Waals surface area contributed by atoms with Crippen LogP contribution in [0.25, 0.3) is 0 Å². The van der Waals surface area contributed by atoms with Gasteiger partial charge in [0.15, 0.2) is 5.69 Å². The first-order valence-corrected chi connectivity index (χ1v) is 10.6. The van der Waals surface area contributed by atoms with Crippen molar-refractivity contribution in [3.63, 3.8) is 0 Å². The number of amides is 1. The lowest BCUT2D eigenvalue weighted by Crippen LogP contribution is -2.31. The molecule has 1 aliphatic heterocycles. The van der Waals surface area contributed by atoms with E-state index in [1.165, 1.54) is 5.56 Å². The van der Waals surface area contributed by atoms with Gasteiger partial charge in [-0.3, -0.25) is 4.79 Å². The van der Waals surface area contributed by atoms with Crippen LogP contribution in [0.15, 0.2) is 47.8 Å². The number of rotatable bonds is 6. The van der Waals surface area contributed by atoms with Crippen LogP contribution in [0.3, 0.4) is 0 Å². The summed E-state index contributed by atoms with van der Waals surface area (Å²) in [5, 5.41) is 17.1. The molecule has 1 saturated heterocycles. The summed E-state index contributed by atoms with van der Waals surface area (Å²) in [5.41, 5.74) is 2.46. The van der Waals surface area contributed by atoms with E-state index in [4.69, 9.17) is 0 Å². The number of nitrogens with one attached hydrogen (secondary N) is 2. The molecule has 0 spiro atoms. The first kappa shape index (κ1) is 21.5. The summed E-state index contributed by atoms with van der Waals surface area (Å²) >= 11 is 1.66. The Morgan fingerprint density at radius 3 is 2.69 bits per heavy atom. The number of carbonyl (C=O) groups is 1. The van der Waals surface area contributed by atoms with Crippen molar-refractivity contribution in [3.8, 4) is 0 Å². The van der Waals surface area contributed by atoms with Gasteiger partial charge in [0.1, 0.15) is 0 Å². The summed E-state index contributed by atoms with van der Waals surface area (Å²) in [6.07, 6.45) is 2.77. The average molecular weight is 432 g/mol. The Hall–Kier alpha value is -2.22. The van der Waals surface area contributed by atoms with Crippen LogP contribution >= 0.6 is 23.7 Å². The minimum absolute atomic E-state index is 0. The standard InChI is InChI=1S/C21H25N5OS.ClH/c1-15-20(24-25-26(15)17-9-11-22-12-10-17)21(27)23-18(19-8-5-13-28-19)14-16-6-3-2-4-7-16;/h2-8,13,17-18,22H,9-12,14H2,1H3,(H,23,27);1H. The zero-order valence-corrected chi connectivity index (χ0v) is 18.0. The van der Waals surface area contributed by atoms with Gasteiger partial charge in [0.05, 0.1) is 17.8 Å². The maximum absolute atomic E-state index is 13.0. The van der Waals surface area contributed by atoms with E-state index in [9.17, 15) is 4.79 Å². The molecule has 0 radical (unpaired) electrons. The summed E-state index contributed by atoms with van der Waals surface area (Å²) < 4.78 is 1.92. The zero-order valence-electron chi connectivity index (χ0n) is 16.4. The number of benzene rings is 1. The summed E-state index contributed by atoms with van der Waals surface area (Å²) in [7, 11) is 0. The van der Waals surface area contributed by atoms with E-state index in [-0.39, 0.29) is 24.4 Å². The minimum atomic E-state index is -0.160. The Kier molecular flexibility index (Phi) is 7.41. The van der Waals surface area contributed by atoms with Gasteiger partial charge in [-0.2, -0.15) is 0 Å². The molecule has 1 amide bonds. The summed E-state index contributed by atoms with van der Waals surface area (Å²) in [5.74, 6) is -0.160. The SMILES string of the molecule is Cc1c(C(=O)NC(Cc2ccccc2)c2cccs2)nnn1C1CCNCC1.Cl. The van der Waals surface area contributed by atoms with E-state index in [1.54, 1.807) is 11.3 Å². The third-order valence-electron chi connectivity index (χ3n) is 5.27. The van der Waals surface area contributed by atoms with Crippen molar-refractivity contribution in [1.82, 2.24) is 25.6 Å². The molecule has 4 rings (SSSR count). The lowest BCUT2D eigenvalue weighted by atomic mass is 10.0. The van der Waals surface area contributed by atoms with Crippen molar-refractivity contribution in [1.29, 1.82) is 0 Å². The van der Waals surface area contributed by atoms with E-state index in [0.29, 0.717) is 11.7 Å². The third-order valence-corrected chi connectivity index (χ3v) is 6.26. The molecule has 8 heteroatoms. The molecular formula is C21H26ClN5OS. The van der Waals surface area contributed by atoms with Crippen molar-refractivity contribution in [3.05, 3.63) is 69.7 Å². The molecule has 0 bridgehead atoms. The monoisotopic (exact) mass is 431 g/mol. The van der Waals surface area contributed by atoms with E-state index in [1.807, 2.05) is 41.3 Å². The molecule has 0 saturated carbocycles. The predicted molar refractivity (Wildman–Crippen MR) is 118 cm³/mol. The van der Waals surface area contributed by atoms with Crippen molar-refractivity contribution in [2.75, 3.05) is 13.1 Å². The minimum Gasteiger partial charge on any atom is -0.343 e. The Morgan fingerprint density at radius 1 is 1.24 bits per heavy atom. The van der Waals surface area contributed by atoms with Crippen molar-refractivity contribution < 1.29 is 4.79 Å². The molecule has 0 aliphatic carbocycles. The zero-order chi connectivity index (χ0) is 19.3. The molecular weight excluding hydrogens is 406 g/mol. The number of halogens is 1. The molecule has 2 aromatic heterocycles. The third kappa shape index (κ3) is 5.04. The second kappa shape index (κ2) is 10.0. The largest absolute Gasteiger partial charge is 0.343 e. The van der Waals surface area contributed by atoms with Crippen LogP contribution in [-0.4, -0.2) is 34.0 Å². The lowest BCUT2D eigenvalue weighted by molar-refractivity contribution is 0.0931. The van der Waals surface area contributed by atoms with Gasteiger partial charge in [-0.05, 0) is 56.3 Å². The highest BCUT2D eigenvalue weighted by molar-refractivity contribution is 7.10. The fourth-order valence-corrected chi connectivity index (χ4v) is 4.52. The number of aromatic nitrogens is 3. The molecule has 29 heavy (non-hydrogen) atoms. The molecule has 154 valence electrons. The Balaban J connectivity index is 0.00000240. The van der Waals surface area contributed by atoms with Crippen LogP contribution < -0.4 is 10.6 Å². The van der Waals surface area contributed by atoms with Crippen LogP contribution in [-0.2, 0) is 6.42 Å². The van der Waals surface area contributed by atoms with Crippen LogP contribution in [0.2, 0.25) is 0 Å². The maximum Gasteiger partial charge on any atom is 0.274 e. The number of thiophene rings is 1. The molecule has 1 unspecified atom stereocenters. The van der Waals surface area contributed by atoms with Gasteiger partial charge in [-0.25, -0.2) is 4.68 Å². The van der Waals surface area contributed by atoms with Crippen LogP contribution in [0, 0.1) is 6.92 Å². The Bertz CT molecular complexity index is 907. The van der Waals surface area contributed by atoms with E-state index < -0.39 is 0 Å². The Morgan fingerprint density at radius 2 is 2.00 bits per heavy atom. The van der Waals surface area contributed by atoms with Gasteiger partial charge in [0.2, 0.25) is 0 Å². The average Bonchev–Trinajstić information content (AvgIpc) is 3.39. The second-order valence-electron chi connectivity index (χ2n) is 7.18. The maximum atomic E-state index is 13.0. The van der Waals surface area contributed by atoms with E-state index in [2.05, 4.69) is 39.1 Å².